The van der Waals surface area contributed by atoms with E-state index in [-0.39, 0.29) is 12.6 Å². The number of ether oxygens (including phenoxy) is 2. The molecule has 1 aromatic rings. The highest BCUT2D eigenvalue weighted by Crippen LogP contribution is 2.14. The maximum absolute atomic E-state index is 11.1. The molecule has 0 aliphatic carbocycles. The molecule has 0 aliphatic rings. The van der Waals surface area contributed by atoms with Crippen molar-refractivity contribution in [2.75, 3.05) is 20.8 Å². The van der Waals surface area contributed by atoms with Crippen LogP contribution in [0.2, 0.25) is 0 Å². The Labute approximate surface area is 88.4 Å². The Kier molecular flexibility index (Phi) is 4.27. The van der Waals surface area contributed by atoms with Crippen molar-refractivity contribution in [3.63, 3.8) is 0 Å². The first-order valence-electron chi connectivity index (χ1n) is 4.54. The molecule has 0 saturated heterocycles. The number of aliphatic hydroxyl groups excluding tert-OH is 1. The molecule has 1 atom stereocenters. The van der Waals surface area contributed by atoms with Crippen LogP contribution in [-0.2, 0) is 9.47 Å². The van der Waals surface area contributed by atoms with E-state index in [1.165, 1.54) is 14.2 Å². The lowest BCUT2D eigenvalue weighted by Crippen LogP contribution is -2.06. The van der Waals surface area contributed by atoms with Gasteiger partial charge in [-0.05, 0) is 17.7 Å². The van der Waals surface area contributed by atoms with Crippen molar-refractivity contribution in [3.8, 4) is 0 Å². The van der Waals surface area contributed by atoms with E-state index in [1.54, 1.807) is 24.3 Å². The number of benzene rings is 1. The maximum atomic E-state index is 11.1. The molecule has 0 aromatic heterocycles. The number of methoxy groups -OCH3 is 2. The molecular formula is C11H14O4. The van der Waals surface area contributed by atoms with Gasteiger partial charge in [0.05, 0.1) is 19.3 Å². The molecule has 15 heavy (non-hydrogen) atoms. The molecule has 0 heterocycles. The summed E-state index contributed by atoms with van der Waals surface area (Å²) in [6, 6.07) is 6.58. The lowest BCUT2D eigenvalue weighted by Gasteiger charge is -2.09. The number of aliphatic hydroxyl groups is 1. The number of hydrogen-bond acceptors (Lipinski definition) is 4. The van der Waals surface area contributed by atoms with E-state index in [9.17, 15) is 9.90 Å². The number of esters is 1. The monoisotopic (exact) mass is 210 g/mol. The van der Waals surface area contributed by atoms with Gasteiger partial charge >= 0.3 is 5.97 Å². The van der Waals surface area contributed by atoms with Gasteiger partial charge in [-0.1, -0.05) is 12.1 Å². The fourth-order valence-corrected chi connectivity index (χ4v) is 1.21. The highest BCUT2D eigenvalue weighted by molar-refractivity contribution is 5.89. The van der Waals surface area contributed by atoms with E-state index in [1.807, 2.05) is 0 Å². The van der Waals surface area contributed by atoms with Crippen LogP contribution in [-0.4, -0.2) is 31.9 Å². The quantitative estimate of drug-likeness (QED) is 0.757. The highest BCUT2D eigenvalue weighted by atomic mass is 16.5. The van der Waals surface area contributed by atoms with Crippen LogP contribution in [0, 0.1) is 0 Å². The molecule has 0 fully saturated rings. The third-order valence-corrected chi connectivity index (χ3v) is 2.04. The summed E-state index contributed by atoms with van der Waals surface area (Å²) in [6.07, 6.45) is -0.665. The summed E-state index contributed by atoms with van der Waals surface area (Å²) in [5.41, 5.74) is 1.18. The Bertz CT molecular complexity index is 318. The zero-order chi connectivity index (χ0) is 11.3. The molecule has 0 radical (unpaired) electrons. The first-order valence-corrected chi connectivity index (χ1v) is 4.54. The Morgan fingerprint density at radius 3 is 2.40 bits per heavy atom. The summed E-state index contributed by atoms with van der Waals surface area (Å²) in [4.78, 5) is 11.1. The molecule has 4 heteroatoms. The van der Waals surface area contributed by atoms with Gasteiger partial charge in [0.1, 0.15) is 6.10 Å². The fourth-order valence-electron chi connectivity index (χ4n) is 1.21. The molecule has 82 valence electrons. The zero-order valence-electron chi connectivity index (χ0n) is 8.77. The minimum absolute atomic E-state index is 0.234. The van der Waals surface area contributed by atoms with Crippen LogP contribution < -0.4 is 0 Å². The van der Waals surface area contributed by atoms with Crippen molar-refractivity contribution < 1.29 is 19.4 Å². The molecule has 1 aromatic carbocycles. The smallest absolute Gasteiger partial charge is 0.337 e. The molecule has 0 bridgehead atoms. The van der Waals surface area contributed by atoms with E-state index < -0.39 is 6.10 Å². The van der Waals surface area contributed by atoms with Crippen molar-refractivity contribution in [2.24, 2.45) is 0 Å². The van der Waals surface area contributed by atoms with E-state index >= 15 is 0 Å². The second-order valence-electron chi connectivity index (χ2n) is 3.08. The fraction of sp³-hybridized carbons (Fsp3) is 0.364. The minimum Gasteiger partial charge on any atom is -0.465 e. The second-order valence-corrected chi connectivity index (χ2v) is 3.08. The van der Waals surface area contributed by atoms with Gasteiger partial charge in [0, 0.05) is 7.11 Å². The number of rotatable bonds is 4. The van der Waals surface area contributed by atoms with Gasteiger partial charge in [0.15, 0.2) is 0 Å². The minimum atomic E-state index is -0.665. The van der Waals surface area contributed by atoms with Gasteiger partial charge in [-0.2, -0.15) is 0 Å². The lowest BCUT2D eigenvalue weighted by molar-refractivity contribution is 0.0597. The Balaban J connectivity index is 2.76. The topological polar surface area (TPSA) is 55.8 Å². The van der Waals surface area contributed by atoms with Crippen LogP contribution in [0.1, 0.15) is 22.0 Å². The molecule has 4 nitrogen and oxygen atoms in total. The molecule has 1 rings (SSSR count). The molecule has 0 saturated carbocycles. The summed E-state index contributed by atoms with van der Waals surface area (Å²) in [7, 11) is 2.85. The molecule has 1 N–H and O–H groups in total. The van der Waals surface area contributed by atoms with Crippen molar-refractivity contribution in [1.82, 2.24) is 0 Å². The van der Waals surface area contributed by atoms with Crippen LogP contribution in [0.3, 0.4) is 0 Å². The third-order valence-electron chi connectivity index (χ3n) is 2.04. The first kappa shape index (κ1) is 11.7. The molecule has 0 amide bonds. The van der Waals surface area contributed by atoms with Crippen molar-refractivity contribution >= 4 is 5.97 Å². The van der Waals surface area contributed by atoms with Crippen molar-refractivity contribution in [1.29, 1.82) is 0 Å². The predicted molar refractivity (Wildman–Crippen MR) is 54.6 cm³/mol. The summed E-state index contributed by atoms with van der Waals surface area (Å²) in [5, 5.41) is 9.57. The van der Waals surface area contributed by atoms with E-state index in [0.717, 1.165) is 0 Å². The van der Waals surface area contributed by atoms with E-state index in [0.29, 0.717) is 11.1 Å². The summed E-state index contributed by atoms with van der Waals surface area (Å²) >= 11 is 0. The Morgan fingerprint density at radius 2 is 1.93 bits per heavy atom. The molecular weight excluding hydrogens is 196 g/mol. The first-order chi connectivity index (χ1) is 7.19. The number of carbonyl (C=O) groups excluding carboxylic acids is 1. The lowest BCUT2D eigenvalue weighted by atomic mass is 10.1. The van der Waals surface area contributed by atoms with Gasteiger partial charge in [-0.25, -0.2) is 4.79 Å². The average molecular weight is 210 g/mol. The SMILES string of the molecule is COCC(O)c1ccc(C(=O)OC)cc1. The summed E-state index contributed by atoms with van der Waals surface area (Å²) < 4.78 is 9.37. The van der Waals surface area contributed by atoms with E-state index in [4.69, 9.17) is 4.74 Å². The van der Waals surface area contributed by atoms with E-state index in [2.05, 4.69) is 4.74 Å². The average Bonchev–Trinajstić information content (AvgIpc) is 2.28. The van der Waals surface area contributed by atoms with Crippen LogP contribution in [0.15, 0.2) is 24.3 Å². The highest BCUT2D eigenvalue weighted by Gasteiger charge is 2.09. The predicted octanol–water partition coefficient (Wildman–Crippen LogP) is 1.15. The van der Waals surface area contributed by atoms with Crippen LogP contribution >= 0.6 is 0 Å². The Morgan fingerprint density at radius 1 is 1.33 bits per heavy atom. The summed E-state index contributed by atoms with van der Waals surface area (Å²) in [5.74, 6) is -0.386. The van der Waals surface area contributed by atoms with Crippen LogP contribution in [0.5, 0.6) is 0 Å². The maximum Gasteiger partial charge on any atom is 0.337 e. The van der Waals surface area contributed by atoms with Crippen LogP contribution in [0.25, 0.3) is 0 Å². The molecule has 0 aliphatic heterocycles. The molecule has 0 spiro atoms. The second kappa shape index (κ2) is 5.48. The third kappa shape index (κ3) is 3.04. The van der Waals surface area contributed by atoms with Gasteiger partial charge in [-0.3, -0.25) is 0 Å². The number of hydrogen-bond donors (Lipinski definition) is 1. The number of carbonyl (C=O) groups is 1. The normalized spacial score (nSPS) is 12.2. The Hall–Kier alpha value is -1.39. The van der Waals surface area contributed by atoms with Crippen LogP contribution in [0.4, 0.5) is 0 Å². The van der Waals surface area contributed by atoms with Gasteiger partial charge in [-0.15, -0.1) is 0 Å². The van der Waals surface area contributed by atoms with Gasteiger partial charge in [0.2, 0.25) is 0 Å². The van der Waals surface area contributed by atoms with Gasteiger partial charge < -0.3 is 14.6 Å². The molecule has 1 unspecified atom stereocenters. The zero-order valence-corrected chi connectivity index (χ0v) is 8.77. The van der Waals surface area contributed by atoms with Crippen molar-refractivity contribution in [2.45, 2.75) is 6.10 Å². The summed E-state index contributed by atoms with van der Waals surface area (Å²) in [6.45, 7) is 0.234. The largest absolute Gasteiger partial charge is 0.465 e. The standard InChI is InChI=1S/C11H14O4/c1-14-7-10(12)8-3-5-9(6-4-8)11(13)15-2/h3-6,10,12H,7H2,1-2H3. The van der Waals surface area contributed by atoms with Crippen molar-refractivity contribution in [3.05, 3.63) is 35.4 Å². The van der Waals surface area contributed by atoms with Gasteiger partial charge in [0.25, 0.3) is 0 Å².